The largest absolute Gasteiger partial charge is 0.496 e. The summed E-state index contributed by atoms with van der Waals surface area (Å²) >= 11 is 0. The SMILES string of the molecule is COc1c2c(c(OC)c3ccccc13)[C@@H]1C[C@H]2C2C1[C@@]1(C)C(=O)[C@]2(C)c2c1c1cccnc1c1ncccc21. The second-order valence-electron chi connectivity index (χ2n) is 12.2. The molecule has 6 atom stereocenters. The lowest BCUT2D eigenvalue weighted by Gasteiger charge is -2.44. The Bertz CT molecular complexity index is 1830. The predicted octanol–water partition coefficient (Wildman–Crippen LogP) is 6.58. The molecule has 2 unspecified atom stereocenters. The van der Waals surface area contributed by atoms with Gasteiger partial charge in [-0.3, -0.25) is 14.8 Å². The molecule has 192 valence electrons. The number of fused-ring (bicyclic) bond motifs is 21. The Morgan fingerprint density at radius 2 is 1.13 bits per heavy atom. The van der Waals surface area contributed by atoms with Crippen LogP contribution in [0.1, 0.15) is 54.4 Å². The maximum Gasteiger partial charge on any atom is 0.154 e. The van der Waals surface area contributed by atoms with Crippen LogP contribution in [0.2, 0.25) is 0 Å². The van der Waals surface area contributed by atoms with E-state index in [0.29, 0.717) is 5.78 Å². The van der Waals surface area contributed by atoms with Crippen LogP contribution in [0, 0.1) is 11.8 Å². The summed E-state index contributed by atoms with van der Waals surface area (Å²) in [4.78, 5) is 24.5. The highest BCUT2D eigenvalue weighted by atomic mass is 16.5. The smallest absolute Gasteiger partial charge is 0.154 e. The summed E-state index contributed by atoms with van der Waals surface area (Å²) in [5, 5.41) is 4.31. The lowest BCUT2D eigenvalue weighted by molar-refractivity contribution is -0.125. The molecule has 4 aliphatic rings. The van der Waals surface area contributed by atoms with Gasteiger partial charge in [-0.15, -0.1) is 0 Å². The Labute approximate surface area is 226 Å². The van der Waals surface area contributed by atoms with Gasteiger partial charge in [0.15, 0.2) is 5.78 Å². The first-order valence-corrected chi connectivity index (χ1v) is 13.9. The van der Waals surface area contributed by atoms with E-state index in [1.807, 2.05) is 24.5 Å². The molecular formula is C34H28N2O3. The number of carbonyl (C=O) groups excluding carboxylic acids is 1. The third kappa shape index (κ3) is 2.09. The van der Waals surface area contributed by atoms with Gasteiger partial charge in [-0.05, 0) is 67.2 Å². The number of rotatable bonds is 2. The molecule has 39 heavy (non-hydrogen) atoms. The maximum absolute atomic E-state index is 14.9. The maximum atomic E-state index is 14.9. The van der Waals surface area contributed by atoms with Gasteiger partial charge in [-0.2, -0.15) is 0 Å². The van der Waals surface area contributed by atoms with Gasteiger partial charge in [0.25, 0.3) is 0 Å². The molecule has 2 heterocycles. The number of hydrogen-bond acceptors (Lipinski definition) is 5. The average molecular weight is 513 g/mol. The molecule has 2 saturated carbocycles. The normalized spacial score (nSPS) is 31.2. The van der Waals surface area contributed by atoms with E-state index in [2.05, 4.69) is 50.2 Å². The molecule has 5 aromatic rings. The summed E-state index contributed by atoms with van der Waals surface area (Å²) < 4.78 is 12.3. The van der Waals surface area contributed by atoms with E-state index < -0.39 is 10.8 Å². The molecule has 0 N–H and O–H groups in total. The van der Waals surface area contributed by atoms with Crippen LogP contribution in [-0.2, 0) is 15.6 Å². The first-order valence-electron chi connectivity index (χ1n) is 13.9. The van der Waals surface area contributed by atoms with Crippen molar-refractivity contribution in [3.8, 4) is 11.5 Å². The van der Waals surface area contributed by atoms with Crippen LogP contribution in [0.3, 0.4) is 0 Å². The predicted molar refractivity (Wildman–Crippen MR) is 151 cm³/mol. The Hall–Kier alpha value is -3.99. The fourth-order valence-corrected chi connectivity index (χ4v) is 10.1. The molecule has 0 amide bonds. The zero-order valence-corrected chi connectivity index (χ0v) is 22.4. The summed E-state index contributed by atoms with van der Waals surface area (Å²) in [5.74, 6) is 3.09. The molecule has 3 aromatic carbocycles. The van der Waals surface area contributed by atoms with E-state index in [-0.39, 0.29) is 23.7 Å². The summed E-state index contributed by atoms with van der Waals surface area (Å²) in [5.41, 5.74) is 5.44. The Morgan fingerprint density at radius 3 is 1.56 bits per heavy atom. The van der Waals surface area contributed by atoms with Crippen LogP contribution in [-0.4, -0.2) is 30.0 Å². The highest BCUT2D eigenvalue weighted by Crippen LogP contribution is 2.79. The van der Waals surface area contributed by atoms with E-state index in [1.54, 1.807) is 14.2 Å². The van der Waals surface area contributed by atoms with E-state index in [9.17, 15) is 4.79 Å². The van der Waals surface area contributed by atoms with Crippen LogP contribution in [0.25, 0.3) is 32.6 Å². The molecule has 0 radical (unpaired) electrons. The molecule has 0 spiro atoms. The van der Waals surface area contributed by atoms with E-state index >= 15 is 0 Å². The van der Waals surface area contributed by atoms with E-state index in [1.165, 1.54) is 22.3 Å². The van der Waals surface area contributed by atoms with Crippen LogP contribution < -0.4 is 9.47 Å². The minimum atomic E-state index is -0.610. The molecule has 4 bridgehead atoms. The van der Waals surface area contributed by atoms with Crippen molar-refractivity contribution in [1.82, 2.24) is 9.97 Å². The molecule has 5 heteroatoms. The number of methoxy groups -OCH3 is 2. The molecule has 5 nitrogen and oxygen atoms in total. The Balaban J connectivity index is 1.41. The quantitative estimate of drug-likeness (QED) is 0.197. The van der Waals surface area contributed by atoms with Gasteiger partial charge in [-0.1, -0.05) is 36.4 Å². The van der Waals surface area contributed by atoms with Gasteiger partial charge >= 0.3 is 0 Å². The van der Waals surface area contributed by atoms with Crippen LogP contribution in [0.15, 0.2) is 60.9 Å². The minimum Gasteiger partial charge on any atom is -0.496 e. The summed E-state index contributed by atoms with van der Waals surface area (Å²) in [7, 11) is 3.56. The lowest BCUT2D eigenvalue weighted by atomic mass is 9.57. The van der Waals surface area contributed by atoms with Gasteiger partial charge in [0.2, 0.25) is 0 Å². The fraction of sp³-hybridized carbons (Fsp3) is 0.324. The summed E-state index contributed by atoms with van der Waals surface area (Å²) in [6.07, 6.45) is 4.69. The zero-order chi connectivity index (χ0) is 26.4. The fourth-order valence-electron chi connectivity index (χ4n) is 10.1. The van der Waals surface area contributed by atoms with Crippen molar-refractivity contribution >= 4 is 38.4 Å². The molecule has 4 aliphatic carbocycles. The van der Waals surface area contributed by atoms with Crippen molar-refractivity contribution in [3.05, 3.63) is 83.2 Å². The number of benzene rings is 3. The Morgan fingerprint density at radius 1 is 0.692 bits per heavy atom. The third-order valence-electron chi connectivity index (χ3n) is 11.1. The average Bonchev–Trinajstić information content (AvgIpc) is 3.65. The van der Waals surface area contributed by atoms with Gasteiger partial charge in [0, 0.05) is 45.1 Å². The van der Waals surface area contributed by atoms with Crippen molar-refractivity contribution < 1.29 is 14.3 Å². The molecule has 9 rings (SSSR count). The van der Waals surface area contributed by atoms with Gasteiger partial charge < -0.3 is 9.47 Å². The second kappa shape index (κ2) is 6.77. The number of hydrogen-bond donors (Lipinski definition) is 0. The summed E-state index contributed by atoms with van der Waals surface area (Å²) in [6.45, 7) is 4.45. The van der Waals surface area contributed by atoms with Crippen LogP contribution in [0.4, 0.5) is 0 Å². The van der Waals surface area contributed by atoms with Crippen molar-refractivity contribution in [2.45, 2.75) is 42.9 Å². The molecule has 2 fully saturated rings. The van der Waals surface area contributed by atoms with Crippen LogP contribution in [0.5, 0.6) is 11.5 Å². The van der Waals surface area contributed by atoms with E-state index in [0.717, 1.165) is 50.5 Å². The lowest BCUT2D eigenvalue weighted by Crippen LogP contribution is -2.40. The van der Waals surface area contributed by atoms with Crippen molar-refractivity contribution in [1.29, 1.82) is 0 Å². The van der Waals surface area contributed by atoms with E-state index in [4.69, 9.17) is 19.4 Å². The number of aromatic nitrogens is 2. The number of Topliss-reactive ketones (excluding diaryl/α,β-unsaturated/α-hetero) is 1. The van der Waals surface area contributed by atoms with Crippen molar-refractivity contribution in [2.24, 2.45) is 11.8 Å². The topological polar surface area (TPSA) is 61.3 Å². The number of ether oxygens (including phenoxy) is 2. The van der Waals surface area contributed by atoms with Crippen molar-refractivity contribution in [3.63, 3.8) is 0 Å². The first kappa shape index (κ1) is 21.9. The summed E-state index contributed by atoms with van der Waals surface area (Å²) in [6, 6.07) is 16.7. The Kier molecular flexibility index (Phi) is 3.80. The minimum absolute atomic E-state index is 0.192. The third-order valence-corrected chi connectivity index (χ3v) is 11.1. The number of carbonyl (C=O) groups is 1. The van der Waals surface area contributed by atoms with Gasteiger partial charge in [0.05, 0.1) is 36.1 Å². The van der Waals surface area contributed by atoms with Gasteiger partial charge in [0.1, 0.15) is 11.5 Å². The highest BCUT2D eigenvalue weighted by molar-refractivity contribution is 6.19. The van der Waals surface area contributed by atoms with Crippen LogP contribution >= 0.6 is 0 Å². The highest BCUT2D eigenvalue weighted by Gasteiger charge is 2.78. The van der Waals surface area contributed by atoms with Crippen molar-refractivity contribution in [2.75, 3.05) is 14.2 Å². The molecular weight excluding hydrogens is 484 g/mol. The number of nitrogens with zero attached hydrogens (tertiary/aromatic N) is 2. The zero-order valence-electron chi connectivity index (χ0n) is 22.4. The second-order valence-corrected chi connectivity index (χ2v) is 12.2. The monoisotopic (exact) mass is 512 g/mol. The first-order chi connectivity index (χ1) is 19.0. The number of pyridine rings is 2. The standard InChI is InChI=1S/C34H28N2O3/c1-33-24-18-11-7-13-35-28(18)29-19(12-8-14-36-29)25(24)34(2,32(33)37)27-21-15-20(26(27)33)22-23(21)31(39-4)17-10-6-5-9-16(17)30(22)38-3/h5-14,20-21,26-27H,15H2,1-4H3/t20-,21+,26?,27?,33-,34+. The molecule has 0 aliphatic heterocycles. The number of ketones is 1. The van der Waals surface area contributed by atoms with Gasteiger partial charge in [-0.25, -0.2) is 0 Å². The molecule has 2 aromatic heterocycles. The molecule has 0 saturated heterocycles.